The van der Waals surface area contributed by atoms with Gasteiger partial charge in [-0.15, -0.1) is 0 Å². The van der Waals surface area contributed by atoms with Crippen molar-refractivity contribution in [2.45, 2.75) is 12.3 Å². The molecular formula is C50H42Br2P2. The molecule has 0 saturated heterocycles. The average Bonchev–Trinajstić information content (AvgIpc) is 3.26. The van der Waals surface area contributed by atoms with Gasteiger partial charge in [0, 0.05) is 0 Å². The summed E-state index contributed by atoms with van der Waals surface area (Å²) in [4.78, 5) is 0. The molecule has 0 saturated carbocycles. The average molecular weight is 865 g/mol. The number of halogens is 2. The van der Waals surface area contributed by atoms with E-state index in [1.54, 1.807) is 0 Å². The molecule has 0 radical (unpaired) electrons. The number of hydrogen-bond donors (Lipinski definition) is 0. The molecule has 0 aromatic heterocycles. The topological polar surface area (TPSA) is 0 Å². The van der Waals surface area contributed by atoms with Crippen molar-refractivity contribution in [1.29, 1.82) is 0 Å². The van der Waals surface area contributed by atoms with Crippen LogP contribution in [0.5, 0.6) is 0 Å². The van der Waals surface area contributed by atoms with E-state index in [-0.39, 0.29) is 0 Å². The van der Waals surface area contributed by atoms with Gasteiger partial charge in [0.25, 0.3) is 0 Å². The minimum absolute atomic E-state index is 0.808. The van der Waals surface area contributed by atoms with E-state index in [4.69, 9.17) is 31.0 Å². The fraction of sp³-hybridized carbons (Fsp3) is 0.0400. The van der Waals surface area contributed by atoms with Crippen molar-refractivity contribution in [3.05, 3.63) is 242 Å². The summed E-state index contributed by atoms with van der Waals surface area (Å²) < 4.78 is 0. The third-order valence-electron chi connectivity index (χ3n) is 11.0. The Morgan fingerprint density at radius 3 is 0.648 bits per heavy atom. The molecular weight excluding hydrogens is 822 g/mol. The first-order valence-electron chi connectivity index (χ1n) is 18.4. The van der Waals surface area contributed by atoms with E-state index < -0.39 is 10.6 Å². The van der Waals surface area contributed by atoms with E-state index >= 15 is 0 Å². The van der Waals surface area contributed by atoms with E-state index in [0.717, 1.165) is 12.3 Å². The zero-order valence-electron chi connectivity index (χ0n) is 30.0. The second-order valence-corrected chi connectivity index (χ2v) is 31.9. The van der Waals surface area contributed by atoms with Crippen LogP contribution in [0.2, 0.25) is 0 Å². The van der Waals surface area contributed by atoms with Crippen LogP contribution in [0.3, 0.4) is 0 Å². The monoisotopic (exact) mass is 862 g/mol. The molecule has 0 unspecified atom stereocenters. The molecule has 0 amide bonds. The maximum atomic E-state index is 4.76. The molecule has 8 rings (SSSR count). The van der Waals surface area contributed by atoms with Gasteiger partial charge in [-0.3, -0.25) is 0 Å². The van der Waals surface area contributed by atoms with Gasteiger partial charge in [0.15, 0.2) is 0 Å². The third-order valence-corrected chi connectivity index (χ3v) is 30.0. The Hall–Kier alpha value is -4.42. The Bertz CT molecular complexity index is 2100. The van der Waals surface area contributed by atoms with Crippen LogP contribution in [-0.2, 0) is 12.3 Å². The van der Waals surface area contributed by atoms with Crippen LogP contribution in [0.1, 0.15) is 11.1 Å². The Labute approximate surface area is 336 Å². The molecule has 8 aromatic carbocycles. The van der Waals surface area contributed by atoms with Gasteiger partial charge in [-0.25, -0.2) is 0 Å². The van der Waals surface area contributed by atoms with Crippen LogP contribution < -0.4 is 31.8 Å². The first-order chi connectivity index (χ1) is 26.4. The van der Waals surface area contributed by atoms with Crippen LogP contribution in [0, 0.1) is 0 Å². The van der Waals surface area contributed by atoms with E-state index in [0.29, 0.717) is 0 Å². The normalized spacial score (nSPS) is 13.2. The molecule has 0 heterocycles. The van der Waals surface area contributed by atoms with Crippen LogP contribution in [0.15, 0.2) is 231 Å². The molecule has 0 aliphatic carbocycles. The molecule has 0 N–H and O–H groups in total. The van der Waals surface area contributed by atoms with Crippen molar-refractivity contribution in [3.8, 4) is 11.1 Å². The summed E-state index contributed by atoms with van der Waals surface area (Å²) in [6.45, 7) is 0. The summed E-state index contributed by atoms with van der Waals surface area (Å²) in [6, 6.07) is 84.9. The summed E-state index contributed by atoms with van der Waals surface area (Å²) in [5.41, 5.74) is 5.14. The summed E-state index contributed by atoms with van der Waals surface area (Å²) in [6.07, 6.45) is 1.62. The number of benzene rings is 8. The predicted molar refractivity (Wildman–Crippen MR) is 247 cm³/mol. The molecule has 0 atom stereocenters. The Balaban J connectivity index is 1.38. The molecule has 266 valence electrons. The fourth-order valence-electron chi connectivity index (χ4n) is 8.36. The third kappa shape index (κ3) is 6.15. The van der Waals surface area contributed by atoms with Gasteiger partial charge in [0.05, 0.1) is 0 Å². The van der Waals surface area contributed by atoms with Crippen LogP contribution in [-0.4, -0.2) is 0 Å². The van der Waals surface area contributed by atoms with Gasteiger partial charge in [0.2, 0.25) is 0 Å². The van der Waals surface area contributed by atoms with E-state index in [1.807, 2.05) is 0 Å². The summed E-state index contributed by atoms with van der Waals surface area (Å²) in [7, 11) is 0. The van der Waals surface area contributed by atoms with Gasteiger partial charge < -0.3 is 0 Å². The Morgan fingerprint density at radius 2 is 0.426 bits per heavy atom. The Morgan fingerprint density at radius 1 is 0.241 bits per heavy atom. The van der Waals surface area contributed by atoms with Crippen LogP contribution in [0.25, 0.3) is 11.1 Å². The first-order valence-corrected chi connectivity index (χ1v) is 27.3. The van der Waals surface area contributed by atoms with Crippen molar-refractivity contribution >= 4 is 73.4 Å². The fourth-order valence-corrected chi connectivity index (χ4v) is 23.7. The number of rotatable bonds is 11. The molecule has 0 spiro atoms. The summed E-state index contributed by atoms with van der Waals surface area (Å²) in [5.74, 6) is 0. The van der Waals surface area contributed by atoms with Crippen LogP contribution in [0.4, 0.5) is 0 Å². The minimum atomic E-state index is -3.29. The van der Waals surface area contributed by atoms with Crippen molar-refractivity contribution in [2.24, 2.45) is 0 Å². The second kappa shape index (κ2) is 15.0. The molecule has 0 fully saturated rings. The molecule has 4 heteroatoms. The van der Waals surface area contributed by atoms with Gasteiger partial charge in [-0.2, -0.15) is 0 Å². The van der Waals surface area contributed by atoms with Crippen molar-refractivity contribution in [1.82, 2.24) is 0 Å². The van der Waals surface area contributed by atoms with E-state index in [2.05, 4.69) is 231 Å². The molecule has 0 aliphatic rings. The second-order valence-electron chi connectivity index (χ2n) is 14.0. The predicted octanol–water partition coefficient (Wildman–Crippen LogP) is 12.0. The molecule has 0 aliphatic heterocycles. The van der Waals surface area contributed by atoms with Crippen LogP contribution >= 0.6 is 41.6 Å². The van der Waals surface area contributed by atoms with Gasteiger partial charge >= 0.3 is 339 Å². The van der Waals surface area contributed by atoms with Gasteiger partial charge in [-0.05, 0) is 0 Å². The maximum absolute atomic E-state index is 4.76. The van der Waals surface area contributed by atoms with Gasteiger partial charge in [0.1, 0.15) is 0 Å². The summed E-state index contributed by atoms with van der Waals surface area (Å²) in [5, 5.41) is 1.30. The van der Waals surface area contributed by atoms with Crippen molar-refractivity contribution in [3.63, 3.8) is 0 Å². The van der Waals surface area contributed by atoms with Gasteiger partial charge in [-0.1, -0.05) is 0 Å². The first kappa shape index (κ1) is 36.6. The molecule has 0 bridgehead atoms. The van der Waals surface area contributed by atoms with Crippen molar-refractivity contribution in [2.75, 3.05) is 0 Å². The standard InChI is InChI=1S/C50H42Br2P2/c51-53(43-25-7-1-8-26-43,44-27-9-2-10-28-44,45-29-11-3-12-30-45)39-41-23-19-21-37-49(41)50-38-22-20-24-42(50)40-54(52,46-31-13-4-14-32-46,47-33-15-5-16-34-47)48-35-17-6-18-36-48/h1-38H,39-40H2. The Kier molecular flexibility index (Phi) is 10.2. The molecule has 8 aromatic rings. The molecule has 54 heavy (non-hydrogen) atoms. The zero-order chi connectivity index (χ0) is 37.0. The van der Waals surface area contributed by atoms with E-state index in [9.17, 15) is 0 Å². The quantitative estimate of drug-likeness (QED) is 0.114. The zero-order valence-corrected chi connectivity index (χ0v) is 35.0. The molecule has 0 nitrogen and oxygen atoms in total. The van der Waals surface area contributed by atoms with Crippen molar-refractivity contribution < 1.29 is 0 Å². The van der Waals surface area contributed by atoms with E-state index in [1.165, 1.54) is 54.1 Å². The SMILES string of the molecule is BrP(Cc1ccccc1-c1ccccc1CP(Br)(c1ccccc1)(c1ccccc1)c1ccccc1)(c1ccccc1)(c1ccccc1)c1ccccc1. The number of hydrogen-bond acceptors (Lipinski definition) is 0. The summed E-state index contributed by atoms with van der Waals surface area (Å²) >= 11 is 9.52.